The summed E-state index contributed by atoms with van der Waals surface area (Å²) < 4.78 is 5.53. The molecule has 0 fully saturated rings. The summed E-state index contributed by atoms with van der Waals surface area (Å²) in [6.07, 6.45) is 0. The first-order chi connectivity index (χ1) is 11.3. The Morgan fingerprint density at radius 1 is 1.17 bits per heavy atom. The average molecular weight is 440 g/mol. The van der Waals surface area contributed by atoms with Gasteiger partial charge in [-0.05, 0) is 53.3 Å². The average Bonchev–Trinajstić information content (AvgIpc) is 2.56. The van der Waals surface area contributed by atoms with Crippen LogP contribution in [0, 0.1) is 20.6 Å². The van der Waals surface area contributed by atoms with Crippen molar-refractivity contribution in [3.8, 4) is 0 Å². The SMILES string of the molecule is COC(=O)c1cc(C(=O)Nc2ccc(C)c(I)c2)cc([N+](=O)[O-])c1. The molecule has 2 aromatic carbocycles. The van der Waals surface area contributed by atoms with Crippen molar-refractivity contribution in [2.45, 2.75) is 6.92 Å². The maximum atomic E-state index is 12.4. The van der Waals surface area contributed by atoms with Gasteiger partial charge in [0.15, 0.2) is 0 Å². The van der Waals surface area contributed by atoms with E-state index in [1.54, 1.807) is 12.1 Å². The Labute approximate surface area is 151 Å². The molecular formula is C16H13IN2O5. The number of carbonyl (C=O) groups is 2. The van der Waals surface area contributed by atoms with Crippen LogP contribution >= 0.6 is 22.6 Å². The molecule has 24 heavy (non-hydrogen) atoms. The van der Waals surface area contributed by atoms with Crippen LogP contribution in [-0.2, 0) is 4.74 Å². The Bertz CT molecular complexity index is 835. The number of esters is 1. The van der Waals surface area contributed by atoms with Crippen molar-refractivity contribution in [3.63, 3.8) is 0 Å². The minimum Gasteiger partial charge on any atom is -0.465 e. The van der Waals surface area contributed by atoms with E-state index in [0.717, 1.165) is 28.4 Å². The summed E-state index contributed by atoms with van der Waals surface area (Å²) >= 11 is 2.14. The first-order valence-electron chi connectivity index (χ1n) is 6.77. The number of hydrogen-bond donors (Lipinski definition) is 1. The molecule has 124 valence electrons. The zero-order valence-corrected chi connectivity index (χ0v) is 15.0. The molecule has 0 radical (unpaired) electrons. The van der Waals surface area contributed by atoms with Gasteiger partial charge in [-0.25, -0.2) is 4.79 Å². The molecule has 8 heteroatoms. The second-order valence-corrected chi connectivity index (χ2v) is 6.10. The number of hydrogen-bond acceptors (Lipinski definition) is 5. The maximum absolute atomic E-state index is 12.4. The van der Waals surface area contributed by atoms with Gasteiger partial charge < -0.3 is 10.1 Å². The molecule has 0 spiro atoms. The van der Waals surface area contributed by atoms with Crippen molar-refractivity contribution in [1.82, 2.24) is 0 Å². The number of rotatable bonds is 4. The number of anilines is 1. The number of carbonyl (C=O) groups excluding carboxylic acids is 2. The van der Waals surface area contributed by atoms with Crippen LogP contribution < -0.4 is 5.32 Å². The molecule has 0 saturated carbocycles. The van der Waals surface area contributed by atoms with Gasteiger partial charge >= 0.3 is 5.97 Å². The van der Waals surface area contributed by atoms with Crippen molar-refractivity contribution >= 4 is 45.8 Å². The lowest BCUT2D eigenvalue weighted by Crippen LogP contribution is -2.14. The topological polar surface area (TPSA) is 98.5 Å². The number of nitrogens with one attached hydrogen (secondary N) is 1. The first kappa shape index (κ1) is 17.9. The molecule has 0 heterocycles. The number of non-ortho nitro benzene ring substituents is 1. The fraction of sp³-hybridized carbons (Fsp3) is 0.125. The van der Waals surface area contributed by atoms with E-state index in [4.69, 9.17) is 0 Å². The zero-order valence-electron chi connectivity index (χ0n) is 12.8. The van der Waals surface area contributed by atoms with Gasteiger partial charge in [0.05, 0.1) is 17.6 Å². The monoisotopic (exact) mass is 440 g/mol. The van der Waals surface area contributed by atoms with Gasteiger partial charge in [0.1, 0.15) is 0 Å². The number of methoxy groups -OCH3 is 1. The third-order valence-corrected chi connectivity index (χ3v) is 4.40. The Kier molecular flexibility index (Phi) is 5.50. The normalized spacial score (nSPS) is 10.1. The molecule has 2 rings (SSSR count). The van der Waals surface area contributed by atoms with Crippen LogP contribution in [0.4, 0.5) is 11.4 Å². The fourth-order valence-electron chi connectivity index (χ4n) is 1.96. The largest absolute Gasteiger partial charge is 0.465 e. The Morgan fingerprint density at radius 3 is 2.42 bits per heavy atom. The summed E-state index contributed by atoms with van der Waals surface area (Å²) in [5.41, 5.74) is 1.20. The quantitative estimate of drug-likeness (QED) is 0.340. The lowest BCUT2D eigenvalue weighted by molar-refractivity contribution is -0.384. The zero-order chi connectivity index (χ0) is 17.9. The molecule has 0 atom stereocenters. The molecule has 1 amide bonds. The third-order valence-electron chi connectivity index (χ3n) is 3.24. The molecule has 7 nitrogen and oxygen atoms in total. The molecule has 1 N–H and O–H groups in total. The highest BCUT2D eigenvalue weighted by molar-refractivity contribution is 14.1. The molecule has 0 bridgehead atoms. The molecule has 0 aromatic heterocycles. The van der Waals surface area contributed by atoms with E-state index in [0.29, 0.717) is 5.69 Å². The molecule has 0 saturated heterocycles. The van der Waals surface area contributed by atoms with Gasteiger partial charge in [-0.1, -0.05) is 6.07 Å². The second-order valence-electron chi connectivity index (χ2n) is 4.94. The van der Waals surface area contributed by atoms with Gasteiger partial charge in [-0.2, -0.15) is 0 Å². The number of nitro benzene ring substituents is 1. The van der Waals surface area contributed by atoms with E-state index >= 15 is 0 Å². The Balaban J connectivity index is 2.37. The Morgan fingerprint density at radius 2 is 1.83 bits per heavy atom. The highest BCUT2D eigenvalue weighted by Gasteiger charge is 2.18. The van der Waals surface area contributed by atoms with Crippen molar-refractivity contribution in [3.05, 3.63) is 66.8 Å². The molecule has 0 aliphatic carbocycles. The summed E-state index contributed by atoms with van der Waals surface area (Å²) in [6.45, 7) is 1.94. The maximum Gasteiger partial charge on any atom is 0.338 e. The fourth-order valence-corrected chi connectivity index (χ4v) is 2.47. The third kappa shape index (κ3) is 4.07. The van der Waals surface area contributed by atoms with Gasteiger partial charge in [0, 0.05) is 27.0 Å². The smallest absolute Gasteiger partial charge is 0.338 e. The van der Waals surface area contributed by atoms with Crippen LogP contribution in [0.2, 0.25) is 0 Å². The number of amides is 1. The molecular weight excluding hydrogens is 427 g/mol. The summed E-state index contributed by atoms with van der Waals surface area (Å²) in [6, 6.07) is 8.80. The summed E-state index contributed by atoms with van der Waals surface area (Å²) in [7, 11) is 1.16. The molecule has 0 aliphatic heterocycles. The first-order valence-corrected chi connectivity index (χ1v) is 7.85. The van der Waals surface area contributed by atoms with Crippen LogP contribution in [0.1, 0.15) is 26.3 Å². The van der Waals surface area contributed by atoms with Crippen molar-refractivity contribution < 1.29 is 19.2 Å². The summed E-state index contributed by atoms with van der Waals surface area (Å²) in [5, 5.41) is 13.7. The second kappa shape index (κ2) is 7.39. The summed E-state index contributed by atoms with van der Waals surface area (Å²) in [5.74, 6) is -1.30. The predicted molar refractivity (Wildman–Crippen MR) is 96.3 cm³/mol. The highest BCUT2D eigenvalue weighted by Crippen LogP contribution is 2.21. The van der Waals surface area contributed by atoms with Crippen LogP contribution in [-0.4, -0.2) is 23.9 Å². The standard InChI is InChI=1S/C16H13IN2O5/c1-9-3-4-12(8-14(9)17)18-15(20)10-5-11(16(21)24-2)7-13(6-10)19(22)23/h3-8H,1-2H3,(H,18,20). The van der Waals surface area contributed by atoms with E-state index in [1.807, 2.05) is 13.0 Å². The van der Waals surface area contributed by atoms with E-state index < -0.39 is 16.8 Å². The van der Waals surface area contributed by atoms with Gasteiger partial charge in [0.25, 0.3) is 11.6 Å². The lowest BCUT2D eigenvalue weighted by Gasteiger charge is -2.08. The minimum absolute atomic E-state index is 0.000170. The number of halogens is 1. The van der Waals surface area contributed by atoms with Crippen LogP contribution in [0.3, 0.4) is 0 Å². The number of benzene rings is 2. The van der Waals surface area contributed by atoms with Gasteiger partial charge in [0.2, 0.25) is 0 Å². The number of nitro groups is 1. The van der Waals surface area contributed by atoms with E-state index in [2.05, 4.69) is 32.6 Å². The highest BCUT2D eigenvalue weighted by atomic mass is 127. The Hall–Kier alpha value is -2.49. The van der Waals surface area contributed by atoms with Crippen molar-refractivity contribution in [2.75, 3.05) is 12.4 Å². The number of aryl methyl sites for hydroxylation is 1. The molecule has 0 unspecified atom stereocenters. The minimum atomic E-state index is -0.752. The van der Waals surface area contributed by atoms with Crippen molar-refractivity contribution in [2.24, 2.45) is 0 Å². The van der Waals surface area contributed by atoms with E-state index in [9.17, 15) is 19.7 Å². The predicted octanol–water partition coefficient (Wildman–Crippen LogP) is 3.55. The van der Waals surface area contributed by atoms with Gasteiger partial charge in [-0.15, -0.1) is 0 Å². The number of ether oxygens (including phenoxy) is 1. The summed E-state index contributed by atoms with van der Waals surface area (Å²) in [4.78, 5) is 34.3. The van der Waals surface area contributed by atoms with Crippen molar-refractivity contribution in [1.29, 1.82) is 0 Å². The lowest BCUT2D eigenvalue weighted by atomic mass is 10.1. The van der Waals surface area contributed by atoms with Crippen LogP contribution in [0.15, 0.2) is 36.4 Å². The van der Waals surface area contributed by atoms with Crippen LogP contribution in [0.25, 0.3) is 0 Å². The molecule has 2 aromatic rings. The number of nitrogens with zero attached hydrogens (tertiary/aromatic N) is 1. The van der Waals surface area contributed by atoms with E-state index in [1.165, 1.54) is 6.07 Å². The molecule has 0 aliphatic rings. The van der Waals surface area contributed by atoms with Crippen LogP contribution in [0.5, 0.6) is 0 Å². The van der Waals surface area contributed by atoms with E-state index in [-0.39, 0.29) is 16.8 Å². The van der Waals surface area contributed by atoms with Gasteiger partial charge in [-0.3, -0.25) is 14.9 Å².